The molecule has 14 heavy (non-hydrogen) atoms. The zero-order valence-electron chi connectivity index (χ0n) is 8.88. The van der Waals surface area contributed by atoms with Gasteiger partial charge in [0, 0.05) is 0 Å². The maximum absolute atomic E-state index is 11.1. The second kappa shape index (κ2) is 3.84. The van der Waals surface area contributed by atoms with E-state index < -0.39 is 5.97 Å². The third-order valence-electron chi connectivity index (χ3n) is 2.23. The van der Waals surface area contributed by atoms with Gasteiger partial charge in [0.05, 0.1) is 12.6 Å². The van der Waals surface area contributed by atoms with Crippen molar-refractivity contribution < 1.29 is 13.9 Å². The summed E-state index contributed by atoms with van der Waals surface area (Å²) in [5.41, 5.74) is -0.285. The predicted molar refractivity (Wildman–Crippen MR) is 52.1 cm³/mol. The van der Waals surface area contributed by atoms with Gasteiger partial charge in [-0.25, -0.2) is 4.79 Å². The molecule has 1 N–H and O–H groups in total. The summed E-state index contributed by atoms with van der Waals surface area (Å²) < 4.78 is 9.90. The average Bonchev–Trinajstić information content (AvgIpc) is 2.66. The Bertz CT molecular complexity index is 328. The number of rotatable bonds is 3. The van der Waals surface area contributed by atoms with E-state index in [2.05, 4.69) is 10.1 Å². The quantitative estimate of drug-likeness (QED) is 0.746. The van der Waals surface area contributed by atoms with Gasteiger partial charge in [-0.1, -0.05) is 0 Å². The van der Waals surface area contributed by atoms with Gasteiger partial charge in [-0.15, -0.1) is 0 Å². The summed E-state index contributed by atoms with van der Waals surface area (Å²) in [5.74, 6) is 0.481. The first-order chi connectivity index (χ1) is 6.51. The van der Waals surface area contributed by atoms with Crippen LogP contribution in [0, 0.1) is 0 Å². The van der Waals surface area contributed by atoms with Gasteiger partial charge in [0.15, 0.2) is 0 Å². The second-order valence-electron chi connectivity index (χ2n) is 3.53. The highest BCUT2D eigenvalue weighted by atomic mass is 16.5. The fraction of sp³-hybridized carbons (Fsp3) is 0.500. The molecule has 1 aromatic heterocycles. The number of hydrogen-bond donors (Lipinski definition) is 1. The van der Waals surface area contributed by atoms with Gasteiger partial charge in [-0.2, -0.15) is 0 Å². The van der Waals surface area contributed by atoms with E-state index >= 15 is 0 Å². The molecule has 0 amide bonds. The van der Waals surface area contributed by atoms with E-state index in [1.54, 1.807) is 12.1 Å². The Morgan fingerprint density at radius 1 is 1.50 bits per heavy atom. The molecule has 4 heteroatoms. The Kier molecular flexibility index (Phi) is 2.96. The zero-order chi connectivity index (χ0) is 10.8. The second-order valence-corrected chi connectivity index (χ2v) is 3.53. The third kappa shape index (κ3) is 1.96. The molecule has 1 aromatic rings. The minimum Gasteiger partial charge on any atom is -0.463 e. The number of carbonyl (C=O) groups excluding carboxylic acids is 1. The monoisotopic (exact) mass is 197 g/mol. The summed E-state index contributed by atoms with van der Waals surface area (Å²) >= 11 is 0. The molecule has 0 saturated carbocycles. The summed E-state index contributed by atoms with van der Waals surface area (Å²) in [6, 6.07) is 3.38. The SMILES string of the molecule is CNC(C)(C)c1ccc(C(=O)OC)o1. The first-order valence-electron chi connectivity index (χ1n) is 4.39. The van der Waals surface area contributed by atoms with Crippen LogP contribution in [0.5, 0.6) is 0 Å². The summed E-state index contributed by atoms with van der Waals surface area (Å²) in [6.45, 7) is 3.93. The number of carbonyl (C=O) groups is 1. The Hall–Kier alpha value is -1.29. The van der Waals surface area contributed by atoms with Crippen molar-refractivity contribution in [1.82, 2.24) is 5.32 Å². The van der Waals surface area contributed by atoms with Gasteiger partial charge >= 0.3 is 5.97 Å². The smallest absolute Gasteiger partial charge is 0.373 e. The van der Waals surface area contributed by atoms with Crippen LogP contribution < -0.4 is 5.32 Å². The Labute approximate surface area is 83.2 Å². The molecule has 0 fully saturated rings. The Morgan fingerprint density at radius 3 is 2.64 bits per heavy atom. The van der Waals surface area contributed by atoms with Gasteiger partial charge < -0.3 is 14.5 Å². The zero-order valence-corrected chi connectivity index (χ0v) is 8.88. The standard InChI is InChI=1S/C10H15NO3/c1-10(2,11-3)8-6-5-7(14-8)9(12)13-4/h5-6,11H,1-4H3. The summed E-state index contributed by atoms with van der Waals surface area (Å²) in [4.78, 5) is 11.1. The van der Waals surface area contributed by atoms with Crippen molar-refractivity contribution in [2.24, 2.45) is 0 Å². The lowest BCUT2D eigenvalue weighted by molar-refractivity contribution is 0.0560. The van der Waals surface area contributed by atoms with Gasteiger partial charge in [0.1, 0.15) is 5.76 Å². The highest BCUT2D eigenvalue weighted by molar-refractivity contribution is 5.86. The van der Waals surface area contributed by atoms with Crippen LogP contribution in [0.15, 0.2) is 16.5 Å². The molecule has 0 aliphatic heterocycles. The number of furan rings is 1. The van der Waals surface area contributed by atoms with Crippen molar-refractivity contribution in [2.45, 2.75) is 19.4 Å². The van der Waals surface area contributed by atoms with Gasteiger partial charge in [0.25, 0.3) is 0 Å². The lowest BCUT2D eigenvalue weighted by Gasteiger charge is -2.20. The molecule has 0 unspecified atom stereocenters. The van der Waals surface area contributed by atoms with Crippen LogP contribution in [-0.4, -0.2) is 20.1 Å². The Balaban J connectivity index is 2.93. The molecule has 1 rings (SSSR count). The van der Waals surface area contributed by atoms with E-state index in [4.69, 9.17) is 4.42 Å². The van der Waals surface area contributed by atoms with Crippen molar-refractivity contribution in [1.29, 1.82) is 0 Å². The van der Waals surface area contributed by atoms with Crippen molar-refractivity contribution in [3.8, 4) is 0 Å². The van der Waals surface area contributed by atoms with E-state index in [1.807, 2.05) is 20.9 Å². The molecule has 0 aliphatic carbocycles. The number of ether oxygens (including phenoxy) is 1. The Morgan fingerprint density at radius 2 is 2.14 bits per heavy atom. The fourth-order valence-electron chi connectivity index (χ4n) is 1.01. The van der Waals surface area contributed by atoms with Gasteiger partial charge in [-0.05, 0) is 33.0 Å². The van der Waals surface area contributed by atoms with Crippen LogP contribution >= 0.6 is 0 Å². The molecule has 0 atom stereocenters. The van der Waals surface area contributed by atoms with Crippen LogP contribution in [-0.2, 0) is 10.3 Å². The third-order valence-corrected chi connectivity index (χ3v) is 2.23. The number of hydrogen-bond acceptors (Lipinski definition) is 4. The molecule has 0 spiro atoms. The van der Waals surface area contributed by atoms with Crippen molar-refractivity contribution in [3.05, 3.63) is 23.7 Å². The van der Waals surface area contributed by atoms with Gasteiger partial charge in [-0.3, -0.25) is 0 Å². The highest BCUT2D eigenvalue weighted by Gasteiger charge is 2.23. The molecule has 0 aromatic carbocycles. The fourth-order valence-corrected chi connectivity index (χ4v) is 1.01. The molecule has 0 bridgehead atoms. The maximum atomic E-state index is 11.1. The van der Waals surface area contributed by atoms with Crippen LogP contribution in [0.1, 0.15) is 30.2 Å². The number of methoxy groups -OCH3 is 1. The van der Waals surface area contributed by atoms with Crippen molar-refractivity contribution in [3.63, 3.8) is 0 Å². The summed E-state index contributed by atoms with van der Waals surface area (Å²) in [5, 5.41) is 3.08. The van der Waals surface area contributed by atoms with E-state index in [0.717, 1.165) is 0 Å². The van der Waals surface area contributed by atoms with E-state index in [0.29, 0.717) is 5.76 Å². The lowest BCUT2D eigenvalue weighted by atomic mass is 10.0. The van der Waals surface area contributed by atoms with Crippen LogP contribution in [0.2, 0.25) is 0 Å². The first-order valence-corrected chi connectivity index (χ1v) is 4.39. The molecule has 0 radical (unpaired) electrons. The van der Waals surface area contributed by atoms with Crippen molar-refractivity contribution in [2.75, 3.05) is 14.2 Å². The summed E-state index contributed by atoms with van der Waals surface area (Å²) in [6.07, 6.45) is 0. The normalized spacial score (nSPS) is 11.4. The van der Waals surface area contributed by atoms with E-state index in [9.17, 15) is 4.79 Å². The first kappa shape index (κ1) is 10.8. The molecule has 1 heterocycles. The minimum absolute atomic E-state index is 0.228. The van der Waals surface area contributed by atoms with Crippen LogP contribution in [0.3, 0.4) is 0 Å². The molecule has 0 saturated heterocycles. The van der Waals surface area contributed by atoms with Gasteiger partial charge in [0.2, 0.25) is 5.76 Å². The molecule has 78 valence electrons. The van der Waals surface area contributed by atoms with E-state index in [-0.39, 0.29) is 11.3 Å². The van der Waals surface area contributed by atoms with Crippen LogP contribution in [0.4, 0.5) is 0 Å². The molecular weight excluding hydrogens is 182 g/mol. The number of nitrogens with one attached hydrogen (secondary N) is 1. The minimum atomic E-state index is -0.455. The number of esters is 1. The molecular formula is C10H15NO3. The summed E-state index contributed by atoms with van der Waals surface area (Å²) in [7, 11) is 3.16. The van der Waals surface area contributed by atoms with E-state index in [1.165, 1.54) is 7.11 Å². The topological polar surface area (TPSA) is 51.5 Å². The molecule has 0 aliphatic rings. The largest absolute Gasteiger partial charge is 0.463 e. The average molecular weight is 197 g/mol. The van der Waals surface area contributed by atoms with Crippen LogP contribution in [0.25, 0.3) is 0 Å². The lowest BCUT2D eigenvalue weighted by Crippen LogP contribution is -2.32. The highest BCUT2D eigenvalue weighted by Crippen LogP contribution is 2.22. The maximum Gasteiger partial charge on any atom is 0.373 e. The molecule has 4 nitrogen and oxygen atoms in total. The predicted octanol–water partition coefficient (Wildman–Crippen LogP) is 1.52. The van der Waals surface area contributed by atoms with Crippen molar-refractivity contribution >= 4 is 5.97 Å².